The lowest BCUT2D eigenvalue weighted by Crippen LogP contribution is -2.13. The van der Waals surface area contributed by atoms with Crippen LogP contribution in [0.5, 0.6) is 0 Å². The molecule has 6 heteroatoms. The molecule has 0 saturated heterocycles. The maximum Gasteiger partial charge on any atom is 0.143 e. The van der Waals surface area contributed by atoms with Crippen molar-refractivity contribution in [2.24, 2.45) is 0 Å². The molecular formula is C11H16ClFN2O2. The molecule has 0 aliphatic heterocycles. The number of methoxy groups -OCH3 is 1. The van der Waals surface area contributed by atoms with E-state index in [9.17, 15) is 4.39 Å². The number of nitrogens with one attached hydrogen (secondary N) is 1. The first-order valence-electron chi connectivity index (χ1n) is 5.20. The van der Waals surface area contributed by atoms with E-state index >= 15 is 0 Å². The van der Waals surface area contributed by atoms with Gasteiger partial charge in [0.25, 0.3) is 0 Å². The summed E-state index contributed by atoms with van der Waals surface area (Å²) in [6, 6.07) is 2.65. The Morgan fingerprint density at radius 3 is 2.82 bits per heavy atom. The van der Waals surface area contributed by atoms with Gasteiger partial charge in [-0.3, -0.25) is 0 Å². The third-order valence-electron chi connectivity index (χ3n) is 2.09. The summed E-state index contributed by atoms with van der Waals surface area (Å²) < 4.78 is 23.2. The van der Waals surface area contributed by atoms with Crippen molar-refractivity contribution in [3.05, 3.63) is 23.0 Å². The molecule has 0 heterocycles. The third-order valence-corrected chi connectivity index (χ3v) is 2.38. The number of rotatable bonds is 7. The Bertz CT molecular complexity index is 364. The number of nitrogen functional groups attached to an aromatic ring is 1. The van der Waals surface area contributed by atoms with Gasteiger partial charge in [-0.15, -0.1) is 0 Å². The van der Waals surface area contributed by atoms with Gasteiger partial charge in [-0.2, -0.15) is 0 Å². The summed E-state index contributed by atoms with van der Waals surface area (Å²) in [5.41, 5.74) is 6.60. The lowest BCUT2D eigenvalue weighted by Gasteiger charge is -2.10. The second kappa shape index (κ2) is 7.32. The number of anilines is 2. The molecule has 4 nitrogen and oxygen atoms in total. The highest BCUT2D eigenvalue weighted by Crippen LogP contribution is 2.25. The van der Waals surface area contributed by atoms with Crippen molar-refractivity contribution in [2.75, 3.05) is 44.5 Å². The van der Waals surface area contributed by atoms with Crippen molar-refractivity contribution in [1.82, 2.24) is 0 Å². The first kappa shape index (κ1) is 14.0. The van der Waals surface area contributed by atoms with Crippen LogP contribution in [0.2, 0.25) is 5.02 Å². The zero-order chi connectivity index (χ0) is 12.7. The van der Waals surface area contributed by atoms with Gasteiger partial charge in [0.15, 0.2) is 0 Å². The molecule has 0 amide bonds. The molecule has 0 saturated carbocycles. The average Bonchev–Trinajstić information content (AvgIpc) is 2.30. The van der Waals surface area contributed by atoms with Crippen LogP contribution in [-0.4, -0.2) is 33.5 Å². The second-order valence-electron chi connectivity index (χ2n) is 3.39. The van der Waals surface area contributed by atoms with Crippen LogP contribution < -0.4 is 11.1 Å². The zero-order valence-electron chi connectivity index (χ0n) is 9.63. The van der Waals surface area contributed by atoms with E-state index in [2.05, 4.69) is 5.32 Å². The maximum absolute atomic E-state index is 13.2. The molecule has 1 aromatic carbocycles. The fourth-order valence-corrected chi connectivity index (χ4v) is 1.39. The van der Waals surface area contributed by atoms with E-state index in [0.717, 1.165) is 0 Å². The Labute approximate surface area is 105 Å². The highest BCUT2D eigenvalue weighted by Gasteiger charge is 2.05. The van der Waals surface area contributed by atoms with Gasteiger partial charge in [0.05, 0.1) is 36.2 Å². The summed E-state index contributed by atoms with van der Waals surface area (Å²) in [6.45, 7) is 2.11. The van der Waals surface area contributed by atoms with Gasteiger partial charge < -0.3 is 20.5 Å². The van der Waals surface area contributed by atoms with Crippen LogP contribution >= 0.6 is 11.6 Å². The van der Waals surface area contributed by atoms with E-state index in [1.165, 1.54) is 12.1 Å². The van der Waals surface area contributed by atoms with E-state index in [1.807, 2.05) is 0 Å². The molecule has 0 aromatic heterocycles. The Morgan fingerprint density at radius 1 is 1.35 bits per heavy atom. The lowest BCUT2D eigenvalue weighted by atomic mass is 10.2. The monoisotopic (exact) mass is 262 g/mol. The Balaban J connectivity index is 2.34. The van der Waals surface area contributed by atoms with Crippen molar-refractivity contribution >= 4 is 23.0 Å². The number of hydrogen-bond acceptors (Lipinski definition) is 4. The van der Waals surface area contributed by atoms with Crippen molar-refractivity contribution in [2.45, 2.75) is 0 Å². The van der Waals surface area contributed by atoms with Gasteiger partial charge in [-0.1, -0.05) is 11.6 Å². The molecule has 0 aliphatic rings. The van der Waals surface area contributed by atoms with Crippen molar-refractivity contribution < 1.29 is 13.9 Å². The molecule has 96 valence electrons. The van der Waals surface area contributed by atoms with Crippen molar-refractivity contribution in [3.63, 3.8) is 0 Å². The summed E-state index contributed by atoms with van der Waals surface area (Å²) in [5, 5.41) is 2.99. The van der Waals surface area contributed by atoms with E-state index in [-0.39, 0.29) is 5.02 Å². The number of ether oxygens (including phenoxy) is 2. The molecule has 0 bridgehead atoms. The van der Waals surface area contributed by atoms with Crippen LogP contribution in [0.3, 0.4) is 0 Å². The molecule has 1 rings (SSSR count). The highest BCUT2D eigenvalue weighted by atomic mass is 35.5. The smallest absolute Gasteiger partial charge is 0.143 e. The summed E-state index contributed by atoms with van der Waals surface area (Å²) in [4.78, 5) is 0. The maximum atomic E-state index is 13.2. The fraction of sp³-hybridized carbons (Fsp3) is 0.455. The molecule has 0 aliphatic carbocycles. The standard InChI is InChI=1S/C11H16ClFN2O2/c1-16-4-5-17-3-2-15-11-7-9(13)8(12)6-10(11)14/h6-7,15H,2-5,14H2,1H3. The third kappa shape index (κ3) is 4.77. The first-order valence-corrected chi connectivity index (χ1v) is 5.58. The Morgan fingerprint density at radius 2 is 2.12 bits per heavy atom. The molecule has 0 atom stereocenters. The van der Waals surface area contributed by atoms with Crippen molar-refractivity contribution in [3.8, 4) is 0 Å². The van der Waals surface area contributed by atoms with Crippen molar-refractivity contribution in [1.29, 1.82) is 0 Å². The summed E-state index contributed by atoms with van der Waals surface area (Å²) in [6.07, 6.45) is 0. The van der Waals surface area contributed by atoms with Gasteiger partial charge in [-0.25, -0.2) is 4.39 Å². The van der Waals surface area contributed by atoms with E-state index in [1.54, 1.807) is 7.11 Å². The minimum Gasteiger partial charge on any atom is -0.397 e. The van der Waals surface area contributed by atoms with Gasteiger partial charge in [0.1, 0.15) is 5.82 Å². The molecule has 3 N–H and O–H groups in total. The van der Waals surface area contributed by atoms with Gasteiger partial charge in [0.2, 0.25) is 0 Å². The lowest BCUT2D eigenvalue weighted by molar-refractivity contribution is 0.0759. The van der Waals surface area contributed by atoms with E-state index in [4.69, 9.17) is 26.8 Å². The number of hydrogen-bond donors (Lipinski definition) is 2. The summed E-state index contributed by atoms with van der Waals surface area (Å²) in [5.74, 6) is -0.497. The molecule has 1 aromatic rings. The molecule has 0 fully saturated rings. The predicted molar refractivity (Wildman–Crippen MR) is 67.0 cm³/mol. The van der Waals surface area contributed by atoms with Crippen LogP contribution in [0.4, 0.5) is 15.8 Å². The minimum atomic E-state index is -0.497. The largest absolute Gasteiger partial charge is 0.397 e. The molecule has 17 heavy (non-hydrogen) atoms. The minimum absolute atomic E-state index is 0.0180. The highest BCUT2D eigenvalue weighted by molar-refractivity contribution is 6.31. The summed E-state index contributed by atoms with van der Waals surface area (Å²) in [7, 11) is 1.61. The van der Waals surface area contributed by atoms with Crippen LogP contribution in [-0.2, 0) is 9.47 Å². The zero-order valence-corrected chi connectivity index (χ0v) is 10.4. The normalized spacial score (nSPS) is 10.5. The number of halogens is 2. The first-order chi connectivity index (χ1) is 8.15. The van der Waals surface area contributed by atoms with Crippen LogP contribution in [0, 0.1) is 5.82 Å². The van der Waals surface area contributed by atoms with Crippen LogP contribution in [0.25, 0.3) is 0 Å². The fourth-order valence-electron chi connectivity index (χ4n) is 1.22. The van der Waals surface area contributed by atoms with Crippen LogP contribution in [0.15, 0.2) is 12.1 Å². The summed E-state index contributed by atoms with van der Waals surface area (Å²) >= 11 is 5.58. The van der Waals surface area contributed by atoms with E-state index in [0.29, 0.717) is 37.7 Å². The molecule has 0 unspecified atom stereocenters. The van der Waals surface area contributed by atoms with Gasteiger partial charge in [0, 0.05) is 19.7 Å². The molecular weight excluding hydrogens is 247 g/mol. The quantitative estimate of drug-likeness (QED) is 0.584. The number of nitrogens with two attached hydrogens (primary N) is 1. The topological polar surface area (TPSA) is 56.5 Å². The van der Waals surface area contributed by atoms with Gasteiger partial charge in [-0.05, 0) is 6.07 Å². The number of benzene rings is 1. The Hall–Kier alpha value is -1.04. The molecule has 0 radical (unpaired) electrons. The Kier molecular flexibility index (Phi) is 6.04. The predicted octanol–water partition coefficient (Wildman–Crippen LogP) is 2.14. The second-order valence-corrected chi connectivity index (χ2v) is 3.79. The van der Waals surface area contributed by atoms with Gasteiger partial charge >= 0.3 is 0 Å². The SMILES string of the molecule is COCCOCCNc1cc(F)c(Cl)cc1N. The molecule has 0 spiro atoms. The van der Waals surface area contributed by atoms with Crippen LogP contribution in [0.1, 0.15) is 0 Å². The average molecular weight is 263 g/mol. The van der Waals surface area contributed by atoms with E-state index < -0.39 is 5.82 Å².